The number of carbonyl (C=O) groups is 3. The number of carbonyl (C=O) groups excluding carboxylic acids is 2. The van der Waals surface area contributed by atoms with Crippen LogP contribution in [0, 0.1) is 0 Å². The molecule has 23 heavy (non-hydrogen) atoms. The predicted molar refractivity (Wildman–Crippen MR) is 81.7 cm³/mol. The molecule has 0 saturated heterocycles. The van der Waals surface area contributed by atoms with Gasteiger partial charge in [-0.1, -0.05) is 6.07 Å². The predicted octanol–water partition coefficient (Wildman–Crippen LogP) is 1.61. The van der Waals surface area contributed by atoms with Crippen LogP contribution in [0.2, 0.25) is 0 Å². The van der Waals surface area contributed by atoms with E-state index >= 15 is 0 Å². The largest absolute Gasteiger partial charge is 0.496 e. The molecule has 2 atom stereocenters. The van der Waals surface area contributed by atoms with Crippen LogP contribution in [0.25, 0.3) is 0 Å². The van der Waals surface area contributed by atoms with Gasteiger partial charge >= 0.3 is 5.97 Å². The molecule has 6 heteroatoms. The van der Waals surface area contributed by atoms with Crippen LogP contribution in [0.1, 0.15) is 41.6 Å². The first kappa shape index (κ1) is 15.5. The van der Waals surface area contributed by atoms with Crippen LogP contribution in [-0.2, 0) is 15.0 Å². The summed E-state index contributed by atoms with van der Waals surface area (Å²) in [6.07, 6.45) is 0.766. The highest BCUT2D eigenvalue weighted by Gasteiger charge is 2.56. The number of Topliss-reactive ketones (excluding diaryl/α,β-unsaturated/α-hetero) is 1. The molecule has 1 heterocycles. The summed E-state index contributed by atoms with van der Waals surface area (Å²) in [5.74, 6) is -0.453. The molecule has 1 N–H and O–H groups in total. The Morgan fingerprint density at radius 3 is 2.83 bits per heavy atom. The summed E-state index contributed by atoms with van der Waals surface area (Å²) in [6.45, 7) is 0. The fourth-order valence-corrected chi connectivity index (χ4v) is 4.15. The van der Waals surface area contributed by atoms with E-state index in [9.17, 15) is 14.4 Å². The highest BCUT2D eigenvalue weighted by molar-refractivity contribution is 6.01. The molecular weight excluding hydrogens is 298 g/mol. The molecule has 0 radical (unpaired) electrons. The van der Waals surface area contributed by atoms with Gasteiger partial charge in [0, 0.05) is 48.9 Å². The van der Waals surface area contributed by atoms with Crippen molar-refractivity contribution in [3.8, 4) is 5.75 Å². The van der Waals surface area contributed by atoms with Gasteiger partial charge in [0.25, 0.3) is 5.91 Å². The number of fused-ring (bicyclic) bond motifs is 3. The zero-order valence-corrected chi connectivity index (χ0v) is 13.2. The topological polar surface area (TPSA) is 83.9 Å². The molecule has 1 amide bonds. The minimum Gasteiger partial charge on any atom is -0.496 e. The highest BCUT2D eigenvalue weighted by atomic mass is 16.5. The number of nitrogens with zero attached hydrogens (tertiary/aromatic N) is 1. The van der Waals surface area contributed by atoms with E-state index in [0.717, 1.165) is 0 Å². The van der Waals surface area contributed by atoms with E-state index in [1.54, 1.807) is 30.1 Å². The van der Waals surface area contributed by atoms with Gasteiger partial charge in [0.1, 0.15) is 11.5 Å². The molecule has 6 nitrogen and oxygen atoms in total. The number of ether oxygens (including phenoxy) is 1. The van der Waals surface area contributed by atoms with E-state index in [4.69, 9.17) is 9.84 Å². The first-order valence-electron chi connectivity index (χ1n) is 7.59. The number of amides is 1. The van der Waals surface area contributed by atoms with Crippen molar-refractivity contribution in [1.29, 1.82) is 0 Å². The van der Waals surface area contributed by atoms with Crippen LogP contribution in [0.5, 0.6) is 5.75 Å². The van der Waals surface area contributed by atoms with Gasteiger partial charge in [-0.2, -0.15) is 0 Å². The summed E-state index contributed by atoms with van der Waals surface area (Å²) < 4.78 is 5.44. The highest BCUT2D eigenvalue weighted by Crippen LogP contribution is 2.52. The number of hydrogen-bond donors (Lipinski definition) is 1. The normalized spacial score (nSPS) is 26.0. The molecule has 1 aromatic carbocycles. The monoisotopic (exact) mass is 317 g/mol. The van der Waals surface area contributed by atoms with Crippen molar-refractivity contribution in [3.63, 3.8) is 0 Å². The van der Waals surface area contributed by atoms with Crippen LogP contribution in [0.15, 0.2) is 18.2 Å². The smallest absolute Gasteiger partial charge is 0.303 e. The number of likely N-dealkylation sites (N-methyl/N-ethyl adjacent to an activating group) is 1. The van der Waals surface area contributed by atoms with Crippen LogP contribution in [-0.4, -0.2) is 47.9 Å². The lowest BCUT2D eigenvalue weighted by Gasteiger charge is -2.45. The molecule has 1 aliphatic carbocycles. The van der Waals surface area contributed by atoms with Gasteiger partial charge in [0.15, 0.2) is 0 Å². The number of benzene rings is 1. The quantitative estimate of drug-likeness (QED) is 0.912. The van der Waals surface area contributed by atoms with Gasteiger partial charge in [0.05, 0.1) is 7.11 Å². The summed E-state index contributed by atoms with van der Waals surface area (Å²) in [5.41, 5.74) is 0.519. The lowest BCUT2D eigenvalue weighted by Crippen LogP contribution is -2.53. The third-order valence-electron chi connectivity index (χ3n) is 5.12. The average molecular weight is 317 g/mol. The Kier molecular flexibility index (Phi) is 3.62. The number of carboxylic acid groups (broad SMARTS) is 1. The van der Waals surface area contributed by atoms with Crippen molar-refractivity contribution in [2.75, 3.05) is 14.2 Å². The van der Waals surface area contributed by atoms with E-state index < -0.39 is 11.4 Å². The zero-order valence-electron chi connectivity index (χ0n) is 13.2. The van der Waals surface area contributed by atoms with Crippen LogP contribution in [0.4, 0.5) is 0 Å². The van der Waals surface area contributed by atoms with Gasteiger partial charge in [0.2, 0.25) is 0 Å². The maximum absolute atomic E-state index is 12.7. The Balaban J connectivity index is 2.23. The molecule has 0 bridgehead atoms. The van der Waals surface area contributed by atoms with E-state index in [1.807, 2.05) is 0 Å². The number of hydrogen-bond acceptors (Lipinski definition) is 4. The van der Waals surface area contributed by atoms with Crippen LogP contribution in [0.3, 0.4) is 0 Å². The second-order valence-corrected chi connectivity index (χ2v) is 6.28. The van der Waals surface area contributed by atoms with Crippen molar-refractivity contribution in [3.05, 3.63) is 29.3 Å². The second kappa shape index (κ2) is 5.37. The first-order valence-corrected chi connectivity index (χ1v) is 7.59. The minimum atomic E-state index is -0.909. The molecule has 3 rings (SSSR count). The molecule has 122 valence electrons. The van der Waals surface area contributed by atoms with Crippen molar-refractivity contribution in [2.45, 2.75) is 37.1 Å². The fraction of sp³-hybridized carbons (Fsp3) is 0.471. The van der Waals surface area contributed by atoms with Crippen molar-refractivity contribution in [1.82, 2.24) is 4.90 Å². The van der Waals surface area contributed by atoms with Crippen molar-refractivity contribution < 1.29 is 24.2 Å². The summed E-state index contributed by atoms with van der Waals surface area (Å²) in [4.78, 5) is 37.6. The summed E-state index contributed by atoms with van der Waals surface area (Å²) in [5, 5.41) is 9.12. The van der Waals surface area contributed by atoms with Gasteiger partial charge < -0.3 is 14.7 Å². The van der Waals surface area contributed by atoms with Gasteiger partial charge in [-0.15, -0.1) is 0 Å². The third kappa shape index (κ3) is 2.20. The fourth-order valence-electron chi connectivity index (χ4n) is 4.15. The average Bonchev–Trinajstić information content (AvgIpc) is 2.88. The van der Waals surface area contributed by atoms with Gasteiger partial charge in [-0.05, 0) is 18.6 Å². The zero-order chi connectivity index (χ0) is 16.8. The van der Waals surface area contributed by atoms with Gasteiger partial charge in [-0.3, -0.25) is 14.4 Å². The molecule has 1 saturated carbocycles. The molecular formula is C17H19NO5. The Bertz CT molecular complexity index is 698. The lowest BCUT2D eigenvalue weighted by atomic mass is 9.67. The standard InChI is InChI=1S/C17H19NO5/c1-18-13-8-10(19)9-17(13,7-6-14(20)21)15-11(16(18)22)4-3-5-12(15)23-2/h3-5,13H,6-9H2,1-2H3,(H,20,21)/t13-,17-/m0/s1. The molecule has 0 aromatic heterocycles. The first-order chi connectivity index (χ1) is 10.9. The Hall–Kier alpha value is -2.37. The van der Waals surface area contributed by atoms with Gasteiger partial charge in [-0.25, -0.2) is 0 Å². The Morgan fingerprint density at radius 1 is 1.43 bits per heavy atom. The molecule has 1 aliphatic heterocycles. The van der Waals surface area contributed by atoms with E-state index in [2.05, 4.69) is 0 Å². The van der Waals surface area contributed by atoms with E-state index in [-0.39, 0.29) is 37.0 Å². The maximum atomic E-state index is 12.7. The molecule has 0 spiro atoms. The second-order valence-electron chi connectivity index (χ2n) is 6.28. The number of ketones is 1. The lowest BCUT2D eigenvalue weighted by molar-refractivity contribution is -0.137. The molecule has 2 aliphatic rings. The third-order valence-corrected chi connectivity index (χ3v) is 5.12. The molecule has 1 aromatic rings. The van der Waals surface area contributed by atoms with Crippen LogP contribution >= 0.6 is 0 Å². The van der Waals surface area contributed by atoms with Crippen molar-refractivity contribution >= 4 is 17.7 Å². The number of carboxylic acids is 1. The number of methoxy groups -OCH3 is 1. The van der Waals surface area contributed by atoms with Crippen LogP contribution < -0.4 is 4.74 Å². The Labute approximate surface area is 134 Å². The summed E-state index contributed by atoms with van der Waals surface area (Å²) in [6, 6.07) is 4.91. The summed E-state index contributed by atoms with van der Waals surface area (Å²) >= 11 is 0. The van der Waals surface area contributed by atoms with Crippen molar-refractivity contribution in [2.24, 2.45) is 0 Å². The minimum absolute atomic E-state index is 0.0523. The van der Waals surface area contributed by atoms with E-state index in [1.165, 1.54) is 7.11 Å². The molecule has 1 fully saturated rings. The van der Waals surface area contributed by atoms with E-state index in [0.29, 0.717) is 23.3 Å². The number of aliphatic carboxylic acids is 1. The molecule has 0 unspecified atom stereocenters. The maximum Gasteiger partial charge on any atom is 0.303 e. The summed E-state index contributed by atoms with van der Waals surface area (Å²) in [7, 11) is 3.21. The Morgan fingerprint density at radius 2 is 2.17 bits per heavy atom. The number of rotatable bonds is 4. The SMILES string of the molecule is COc1cccc2c1[C@@]1(CCC(=O)O)CC(=O)C[C@@H]1N(C)C2=O.